The molecule has 2 N–H and O–H groups in total. The van der Waals surface area contributed by atoms with Crippen LogP contribution in [0.25, 0.3) is 0 Å². The fourth-order valence-electron chi connectivity index (χ4n) is 3.10. The van der Waals surface area contributed by atoms with Gasteiger partial charge in [0.25, 0.3) is 10.0 Å². The van der Waals surface area contributed by atoms with Gasteiger partial charge < -0.3 is 10.0 Å². The second-order valence-corrected chi connectivity index (χ2v) is 8.61. The lowest BCUT2D eigenvalue weighted by Crippen LogP contribution is -2.22. The standard InChI is InChI=1S/C19H23N3O4S/c1-13(2)14-5-7-16(8-6-14)27(25,26)21-15-11-17(19(23)24)18(20-12-15)22-9-3-4-10-22/h5-8,11-13,21H,3-4,9-10H2,1-2H3,(H,23,24). The summed E-state index contributed by atoms with van der Waals surface area (Å²) in [5.41, 5.74) is 1.16. The second-order valence-electron chi connectivity index (χ2n) is 6.92. The number of carbonyl (C=O) groups is 1. The van der Waals surface area contributed by atoms with Crippen molar-refractivity contribution in [1.29, 1.82) is 0 Å². The van der Waals surface area contributed by atoms with E-state index in [4.69, 9.17) is 0 Å². The molecule has 0 atom stereocenters. The van der Waals surface area contributed by atoms with Crippen LogP contribution in [-0.4, -0.2) is 37.6 Å². The Kier molecular flexibility index (Phi) is 5.36. The van der Waals surface area contributed by atoms with Crippen LogP contribution in [0.4, 0.5) is 11.5 Å². The molecule has 2 heterocycles. The first-order chi connectivity index (χ1) is 12.8. The highest BCUT2D eigenvalue weighted by atomic mass is 32.2. The summed E-state index contributed by atoms with van der Waals surface area (Å²) in [6.07, 6.45) is 3.34. The molecule has 3 rings (SSSR count). The SMILES string of the molecule is CC(C)c1ccc(S(=O)(=O)Nc2cnc(N3CCCC3)c(C(=O)O)c2)cc1. The lowest BCUT2D eigenvalue weighted by Gasteiger charge is -2.19. The quantitative estimate of drug-likeness (QED) is 0.786. The third-order valence-corrected chi connectivity index (χ3v) is 6.01. The number of anilines is 2. The highest BCUT2D eigenvalue weighted by Crippen LogP contribution is 2.26. The van der Waals surface area contributed by atoms with E-state index in [1.807, 2.05) is 18.7 Å². The molecule has 1 aliphatic heterocycles. The molecule has 1 aliphatic rings. The third kappa shape index (κ3) is 4.21. The lowest BCUT2D eigenvalue weighted by atomic mass is 10.0. The predicted molar refractivity (Wildman–Crippen MR) is 104 cm³/mol. The largest absolute Gasteiger partial charge is 0.478 e. The number of benzene rings is 1. The maximum Gasteiger partial charge on any atom is 0.339 e. The van der Waals surface area contributed by atoms with E-state index in [0.29, 0.717) is 11.7 Å². The Morgan fingerprint density at radius 1 is 1.19 bits per heavy atom. The van der Waals surface area contributed by atoms with Crippen molar-refractivity contribution in [3.05, 3.63) is 47.7 Å². The summed E-state index contributed by atoms with van der Waals surface area (Å²) in [4.78, 5) is 17.9. The highest BCUT2D eigenvalue weighted by molar-refractivity contribution is 7.92. The van der Waals surface area contributed by atoms with Crippen molar-refractivity contribution in [2.75, 3.05) is 22.7 Å². The number of nitrogens with one attached hydrogen (secondary N) is 1. The summed E-state index contributed by atoms with van der Waals surface area (Å²) < 4.78 is 27.6. The molecule has 27 heavy (non-hydrogen) atoms. The zero-order chi connectivity index (χ0) is 19.6. The van der Waals surface area contributed by atoms with Gasteiger partial charge in [0.05, 0.1) is 16.8 Å². The van der Waals surface area contributed by atoms with Gasteiger partial charge in [0.15, 0.2) is 0 Å². The molecule has 0 amide bonds. The minimum atomic E-state index is -3.83. The van der Waals surface area contributed by atoms with Crippen molar-refractivity contribution < 1.29 is 18.3 Å². The van der Waals surface area contributed by atoms with E-state index in [1.165, 1.54) is 12.3 Å². The van der Waals surface area contributed by atoms with Gasteiger partial charge >= 0.3 is 5.97 Å². The molecule has 144 valence electrons. The first-order valence-electron chi connectivity index (χ1n) is 8.89. The summed E-state index contributed by atoms with van der Waals surface area (Å²) in [6.45, 7) is 5.56. The van der Waals surface area contributed by atoms with Crippen LogP contribution in [0.1, 0.15) is 48.5 Å². The first kappa shape index (κ1) is 19.2. The summed E-state index contributed by atoms with van der Waals surface area (Å²) in [6, 6.07) is 7.96. The van der Waals surface area contributed by atoms with E-state index in [-0.39, 0.29) is 16.1 Å². The third-order valence-electron chi connectivity index (χ3n) is 4.61. The van der Waals surface area contributed by atoms with Crippen LogP contribution in [-0.2, 0) is 10.0 Å². The van der Waals surface area contributed by atoms with Gasteiger partial charge in [-0.1, -0.05) is 26.0 Å². The fourth-order valence-corrected chi connectivity index (χ4v) is 4.13. The van der Waals surface area contributed by atoms with Crippen LogP contribution in [0.5, 0.6) is 0 Å². The average molecular weight is 389 g/mol. The summed E-state index contributed by atoms with van der Waals surface area (Å²) in [7, 11) is -3.83. The van der Waals surface area contributed by atoms with Crippen molar-refractivity contribution in [3.63, 3.8) is 0 Å². The van der Waals surface area contributed by atoms with E-state index in [2.05, 4.69) is 9.71 Å². The molecule has 7 nitrogen and oxygen atoms in total. The maximum atomic E-state index is 12.6. The average Bonchev–Trinajstić information content (AvgIpc) is 3.16. The van der Waals surface area contributed by atoms with Crippen molar-refractivity contribution in [1.82, 2.24) is 4.98 Å². The van der Waals surface area contributed by atoms with Crippen molar-refractivity contribution in [2.24, 2.45) is 0 Å². The molecule has 0 unspecified atom stereocenters. The molecule has 0 bridgehead atoms. The van der Waals surface area contributed by atoms with Gasteiger partial charge in [-0.3, -0.25) is 4.72 Å². The van der Waals surface area contributed by atoms with Crippen molar-refractivity contribution in [2.45, 2.75) is 37.5 Å². The smallest absolute Gasteiger partial charge is 0.339 e. The number of pyridine rings is 1. The molecular formula is C19H23N3O4S. The Bertz CT molecular complexity index is 934. The molecule has 0 spiro atoms. The van der Waals surface area contributed by atoms with Gasteiger partial charge in [-0.15, -0.1) is 0 Å². The maximum absolute atomic E-state index is 12.6. The monoisotopic (exact) mass is 389 g/mol. The van der Waals surface area contributed by atoms with Crippen molar-refractivity contribution >= 4 is 27.5 Å². The molecule has 1 fully saturated rings. The predicted octanol–water partition coefficient (Wildman–Crippen LogP) is 3.30. The number of sulfonamides is 1. The number of hydrogen-bond donors (Lipinski definition) is 2. The zero-order valence-corrected chi connectivity index (χ0v) is 16.2. The summed E-state index contributed by atoms with van der Waals surface area (Å²) >= 11 is 0. The minimum absolute atomic E-state index is 0.00717. The van der Waals surface area contributed by atoms with Gasteiger partial charge in [-0.2, -0.15) is 0 Å². The lowest BCUT2D eigenvalue weighted by molar-refractivity contribution is 0.0697. The van der Waals surface area contributed by atoms with Crippen LogP contribution in [0.3, 0.4) is 0 Å². The van der Waals surface area contributed by atoms with Crippen LogP contribution in [0, 0.1) is 0 Å². The molecule has 1 aromatic carbocycles. The van der Waals surface area contributed by atoms with E-state index >= 15 is 0 Å². The zero-order valence-electron chi connectivity index (χ0n) is 15.3. The Balaban J connectivity index is 1.87. The molecular weight excluding hydrogens is 366 g/mol. The van der Waals surface area contributed by atoms with Crippen molar-refractivity contribution in [3.8, 4) is 0 Å². The topological polar surface area (TPSA) is 99.6 Å². The molecule has 1 aromatic heterocycles. The molecule has 2 aromatic rings. The number of aromatic nitrogens is 1. The second kappa shape index (κ2) is 7.56. The Hall–Kier alpha value is -2.61. The van der Waals surface area contributed by atoms with E-state index in [0.717, 1.165) is 31.5 Å². The highest BCUT2D eigenvalue weighted by Gasteiger charge is 2.22. The number of aromatic carboxylic acids is 1. The molecule has 8 heteroatoms. The normalized spacial score (nSPS) is 14.6. The van der Waals surface area contributed by atoms with E-state index in [1.54, 1.807) is 24.3 Å². The number of rotatable bonds is 6. The van der Waals surface area contributed by atoms with Gasteiger partial charge in [0, 0.05) is 13.1 Å². The number of nitrogens with zero attached hydrogens (tertiary/aromatic N) is 2. The molecule has 1 saturated heterocycles. The molecule has 0 radical (unpaired) electrons. The Labute approximate surface area is 159 Å². The van der Waals surface area contributed by atoms with Gasteiger partial charge in [-0.05, 0) is 42.5 Å². The number of hydrogen-bond acceptors (Lipinski definition) is 5. The number of carboxylic acid groups (broad SMARTS) is 1. The first-order valence-corrected chi connectivity index (χ1v) is 10.4. The summed E-state index contributed by atoms with van der Waals surface area (Å²) in [5.74, 6) is -0.453. The van der Waals surface area contributed by atoms with Gasteiger partial charge in [0.1, 0.15) is 11.4 Å². The van der Waals surface area contributed by atoms with Crippen LogP contribution < -0.4 is 9.62 Å². The number of carboxylic acids is 1. The Morgan fingerprint density at radius 3 is 2.37 bits per heavy atom. The van der Waals surface area contributed by atoms with E-state index < -0.39 is 16.0 Å². The molecule has 0 saturated carbocycles. The van der Waals surface area contributed by atoms with Crippen LogP contribution in [0.15, 0.2) is 41.4 Å². The molecule has 0 aliphatic carbocycles. The fraction of sp³-hybridized carbons (Fsp3) is 0.368. The van der Waals surface area contributed by atoms with E-state index in [9.17, 15) is 18.3 Å². The minimum Gasteiger partial charge on any atom is -0.478 e. The van der Waals surface area contributed by atoms with Crippen LogP contribution in [0.2, 0.25) is 0 Å². The van der Waals surface area contributed by atoms with Gasteiger partial charge in [0.2, 0.25) is 0 Å². The summed E-state index contributed by atoms with van der Waals surface area (Å²) in [5, 5.41) is 9.50. The Morgan fingerprint density at radius 2 is 1.81 bits per heavy atom. The van der Waals surface area contributed by atoms with Gasteiger partial charge in [-0.25, -0.2) is 18.2 Å². The van der Waals surface area contributed by atoms with Crippen LogP contribution >= 0.6 is 0 Å².